The molecule has 0 unspecified atom stereocenters. The second-order valence-electron chi connectivity index (χ2n) is 3.65. The lowest BCUT2D eigenvalue weighted by molar-refractivity contribution is 0.747. The first kappa shape index (κ1) is 11.1. The predicted octanol–water partition coefficient (Wildman–Crippen LogP) is 2.50. The van der Waals surface area contributed by atoms with E-state index < -0.39 is 0 Å². The number of nitrogens with zero attached hydrogens (tertiary/aromatic N) is 3. The van der Waals surface area contributed by atoms with Gasteiger partial charge >= 0.3 is 0 Å². The van der Waals surface area contributed by atoms with Crippen LogP contribution in [0.1, 0.15) is 11.3 Å². The van der Waals surface area contributed by atoms with E-state index in [1.165, 1.54) is 0 Å². The minimum Gasteiger partial charge on any atom is -0.364 e. The standard InChI is InChI=1S/C11H13BrN4/c1-8-5-9(12)6-13-11(8)14-7-10-3-4-16(2)15-10/h3-6H,7H2,1-2H3,(H,13,14). The highest BCUT2D eigenvalue weighted by atomic mass is 79.9. The van der Waals surface area contributed by atoms with Crippen LogP contribution in [0.3, 0.4) is 0 Å². The molecule has 2 aromatic heterocycles. The molecule has 5 heteroatoms. The van der Waals surface area contributed by atoms with E-state index in [1.807, 2.05) is 32.3 Å². The third kappa shape index (κ3) is 2.61. The van der Waals surface area contributed by atoms with Gasteiger partial charge in [0.05, 0.1) is 12.2 Å². The van der Waals surface area contributed by atoms with Crippen molar-refractivity contribution in [2.45, 2.75) is 13.5 Å². The van der Waals surface area contributed by atoms with E-state index in [1.54, 1.807) is 10.9 Å². The molecule has 0 atom stereocenters. The van der Waals surface area contributed by atoms with Gasteiger partial charge in [-0.2, -0.15) is 5.10 Å². The molecule has 0 saturated heterocycles. The Labute approximate surface area is 103 Å². The second kappa shape index (κ2) is 4.65. The molecule has 0 spiro atoms. The highest BCUT2D eigenvalue weighted by Gasteiger charge is 2.01. The molecule has 0 bridgehead atoms. The third-order valence-electron chi connectivity index (χ3n) is 2.25. The Kier molecular flexibility index (Phi) is 3.24. The van der Waals surface area contributed by atoms with Crippen LogP contribution in [0.2, 0.25) is 0 Å². The molecule has 0 aromatic carbocycles. The van der Waals surface area contributed by atoms with Crippen molar-refractivity contribution in [1.82, 2.24) is 14.8 Å². The fourth-order valence-electron chi connectivity index (χ4n) is 1.46. The average molecular weight is 281 g/mol. The summed E-state index contributed by atoms with van der Waals surface area (Å²) in [5.74, 6) is 0.897. The maximum absolute atomic E-state index is 4.31. The van der Waals surface area contributed by atoms with Crippen LogP contribution in [0, 0.1) is 6.92 Å². The molecule has 0 aliphatic carbocycles. The minimum atomic E-state index is 0.691. The molecule has 0 aliphatic rings. The lowest BCUT2D eigenvalue weighted by Gasteiger charge is -2.06. The van der Waals surface area contributed by atoms with Crippen LogP contribution >= 0.6 is 15.9 Å². The van der Waals surface area contributed by atoms with E-state index in [0.717, 1.165) is 21.5 Å². The third-order valence-corrected chi connectivity index (χ3v) is 2.68. The van der Waals surface area contributed by atoms with Crippen LogP contribution in [-0.2, 0) is 13.6 Å². The van der Waals surface area contributed by atoms with Gasteiger partial charge in [-0.3, -0.25) is 4.68 Å². The fraction of sp³-hybridized carbons (Fsp3) is 0.273. The predicted molar refractivity (Wildman–Crippen MR) is 67.2 cm³/mol. The summed E-state index contributed by atoms with van der Waals surface area (Å²) in [6.07, 6.45) is 3.71. The Morgan fingerprint density at radius 3 is 2.94 bits per heavy atom. The molecule has 16 heavy (non-hydrogen) atoms. The molecule has 2 rings (SSSR count). The van der Waals surface area contributed by atoms with E-state index in [-0.39, 0.29) is 0 Å². The van der Waals surface area contributed by atoms with Gasteiger partial charge in [0.1, 0.15) is 5.82 Å². The van der Waals surface area contributed by atoms with Crippen molar-refractivity contribution in [3.8, 4) is 0 Å². The van der Waals surface area contributed by atoms with Crippen LogP contribution in [0.4, 0.5) is 5.82 Å². The van der Waals surface area contributed by atoms with E-state index in [2.05, 4.69) is 31.3 Å². The number of hydrogen-bond acceptors (Lipinski definition) is 3. The van der Waals surface area contributed by atoms with Crippen LogP contribution in [0.15, 0.2) is 29.0 Å². The van der Waals surface area contributed by atoms with Crippen LogP contribution < -0.4 is 5.32 Å². The number of aryl methyl sites for hydroxylation is 2. The molecule has 0 saturated carbocycles. The Bertz CT molecular complexity index is 492. The highest BCUT2D eigenvalue weighted by Crippen LogP contribution is 2.17. The Balaban J connectivity index is 2.04. The van der Waals surface area contributed by atoms with Gasteiger partial charge in [0, 0.05) is 23.9 Å². The van der Waals surface area contributed by atoms with Gasteiger partial charge in [-0.1, -0.05) is 0 Å². The van der Waals surface area contributed by atoms with Crippen molar-refractivity contribution in [2.75, 3.05) is 5.32 Å². The molecule has 0 fully saturated rings. The number of aromatic nitrogens is 3. The Hall–Kier alpha value is -1.36. The smallest absolute Gasteiger partial charge is 0.129 e. The Morgan fingerprint density at radius 1 is 1.50 bits per heavy atom. The van der Waals surface area contributed by atoms with E-state index >= 15 is 0 Å². The van der Waals surface area contributed by atoms with Gasteiger partial charge in [0.15, 0.2) is 0 Å². The average Bonchev–Trinajstić information content (AvgIpc) is 2.63. The Morgan fingerprint density at radius 2 is 2.31 bits per heavy atom. The summed E-state index contributed by atoms with van der Waals surface area (Å²) in [6.45, 7) is 2.72. The van der Waals surface area contributed by atoms with E-state index in [4.69, 9.17) is 0 Å². The fourth-order valence-corrected chi connectivity index (χ4v) is 1.90. The first-order valence-electron chi connectivity index (χ1n) is 4.99. The zero-order valence-electron chi connectivity index (χ0n) is 9.24. The zero-order chi connectivity index (χ0) is 11.5. The summed E-state index contributed by atoms with van der Waals surface area (Å²) in [6, 6.07) is 4.02. The maximum atomic E-state index is 4.31. The first-order chi connectivity index (χ1) is 7.65. The van der Waals surface area contributed by atoms with Gasteiger partial charge in [-0.15, -0.1) is 0 Å². The summed E-state index contributed by atoms with van der Waals surface area (Å²) in [5, 5.41) is 7.55. The van der Waals surface area contributed by atoms with Crippen molar-refractivity contribution in [3.05, 3.63) is 40.3 Å². The van der Waals surface area contributed by atoms with Gasteiger partial charge < -0.3 is 5.32 Å². The lowest BCUT2D eigenvalue weighted by Crippen LogP contribution is -2.04. The summed E-state index contributed by atoms with van der Waals surface area (Å²) < 4.78 is 2.78. The van der Waals surface area contributed by atoms with Gasteiger partial charge in [-0.25, -0.2) is 4.98 Å². The number of rotatable bonds is 3. The number of halogens is 1. The number of hydrogen-bond donors (Lipinski definition) is 1. The van der Waals surface area contributed by atoms with Gasteiger partial charge in [-0.05, 0) is 40.5 Å². The lowest BCUT2D eigenvalue weighted by atomic mass is 10.3. The molecule has 0 radical (unpaired) electrons. The topological polar surface area (TPSA) is 42.7 Å². The zero-order valence-corrected chi connectivity index (χ0v) is 10.8. The molecule has 4 nitrogen and oxygen atoms in total. The molecular formula is C11H13BrN4. The SMILES string of the molecule is Cc1cc(Br)cnc1NCc1ccn(C)n1. The monoisotopic (exact) mass is 280 g/mol. The first-order valence-corrected chi connectivity index (χ1v) is 5.79. The quantitative estimate of drug-likeness (QED) is 0.940. The van der Waals surface area contributed by atoms with Gasteiger partial charge in [0.25, 0.3) is 0 Å². The van der Waals surface area contributed by atoms with E-state index in [9.17, 15) is 0 Å². The van der Waals surface area contributed by atoms with Crippen molar-refractivity contribution in [3.63, 3.8) is 0 Å². The minimum absolute atomic E-state index is 0.691. The van der Waals surface area contributed by atoms with Crippen molar-refractivity contribution in [1.29, 1.82) is 0 Å². The van der Waals surface area contributed by atoms with Crippen molar-refractivity contribution in [2.24, 2.45) is 7.05 Å². The maximum Gasteiger partial charge on any atom is 0.129 e. The largest absolute Gasteiger partial charge is 0.364 e. The summed E-state index contributed by atoms with van der Waals surface area (Å²) >= 11 is 3.39. The number of anilines is 1. The summed E-state index contributed by atoms with van der Waals surface area (Å²) in [4.78, 5) is 4.31. The van der Waals surface area contributed by atoms with Crippen LogP contribution in [0.25, 0.3) is 0 Å². The van der Waals surface area contributed by atoms with Crippen LogP contribution in [-0.4, -0.2) is 14.8 Å². The molecule has 2 heterocycles. The van der Waals surface area contributed by atoms with Crippen LogP contribution in [0.5, 0.6) is 0 Å². The van der Waals surface area contributed by atoms with E-state index in [0.29, 0.717) is 6.54 Å². The number of nitrogens with one attached hydrogen (secondary N) is 1. The molecule has 0 aliphatic heterocycles. The molecular weight excluding hydrogens is 268 g/mol. The number of pyridine rings is 1. The molecule has 1 N–H and O–H groups in total. The van der Waals surface area contributed by atoms with Crippen molar-refractivity contribution < 1.29 is 0 Å². The second-order valence-corrected chi connectivity index (χ2v) is 4.57. The summed E-state index contributed by atoms with van der Waals surface area (Å²) in [7, 11) is 1.91. The normalized spacial score (nSPS) is 10.4. The molecule has 2 aromatic rings. The molecule has 84 valence electrons. The van der Waals surface area contributed by atoms with Gasteiger partial charge in [0.2, 0.25) is 0 Å². The summed E-state index contributed by atoms with van der Waals surface area (Å²) in [5.41, 5.74) is 2.12. The highest BCUT2D eigenvalue weighted by molar-refractivity contribution is 9.10. The molecule has 0 amide bonds. The van der Waals surface area contributed by atoms with Crippen molar-refractivity contribution >= 4 is 21.7 Å².